The Kier molecular flexibility index (Phi) is 6.15. The van der Waals surface area contributed by atoms with Crippen molar-refractivity contribution in [2.24, 2.45) is 34.5 Å². The maximum absolute atomic E-state index is 17.3. The standard InChI is InChI=1S/C28H36F2O5S/c1-15-11-18-19-13-21(29)20-12-17(31)9-10-25(20,2)27(19,30)22(32)14-26(18,3)28(15,24(34)36)35-23(33)16-7-5-4-6-8-16/h9-10,12,15-16,18-19,21-22,32H,4-8,11,13-14H2,1-3H3,(H,34,36)/t15-,18+,19+,21+,22+,25+,26+,27+,28+/m1/s1. The van der Waals surface area contributed by atoms with Crippen LogP contribution in [0.5, 0.6) is 0 Å². The van der Waals surface area contributed by atoms with Gasteiger partial charge in [-0.1, -0.05) is 39.2 Å². The first kappa shape index (κ1) is 26.1. The Morgan fingerprint density at radius 3 is 2.44 bits per heavy atom. The third-order valence-corrected chi connectivity index (χ3v) is 11.0. The average Bonchev–Trinajstić information content (AvgIpc) is 3.05. The Labute approximate surface area is 216 Å². The van der Waals surface area contributed by atoms with Crippen LogP contribution in [0.25, 0.3) is 0 Å². The van der Waals surface area contributed by atoms with Crippen molar-refractivity contribution >= 4 is 29.5 Å². The van der Waals surface area contributed by atoms with Crippen molar-refractivity contribution in [3.63, 3.8) is 0 Å². The van der Waals surface area contributed by atoms with Crippen molar-refractivity contribution in [2.45, 2.75) is 95.7 Å². The summed E-state index contributed by atoms with van der Waals surface area (Å²) >= 11 is 4.21. The molecule has 0 heterocycles. The van der Waals surface area contributed by atoms with Crippen LogP contribution >= 0.6 is 12.6 Å². The van der Waals surface area contributed by atoms with Gasteiger partial charge >= 0.3 is 5.97 Å². The number of fused-ring (bicyclic) bond motifs is 5. The molecule has 4 fully saturated rings. The topological polar surface area (TPSA) is 80.7 Å². The fraction of sp³-hybridized carbons (Fsp3) is 0.750. The lowest BCUT2D eigenvalue weighted by atomic mass is 9.44. The molecule has 0 bridgehead atoms. The summed E-state index contributed by atoms with van der Waals surface area (Å²) < 4.78 is 39.1. The van der Waals surface area contributed by atoms with Gasteiger partial charge in [0.1, 0.15) is 6.17 Å². The van der Waals surface area contributed by atoms with Gasteiger partial charge in [0.25, 0.3) is 0 Å². The van der Waals surface area contributed by atoms with Gasteiger partial charge in [0.2, 0.25) is 5.12 Å². The fourth-order valence-electron chi connectivity index (χ4n) is 8.82. The molecule has 5 aliphatic rings. The number of carbonyl (C=O) groups is 3. The number of alkyl halides is 2. The zero-order valence-corrected chi connectivity index (χ0v) is 22.0. The molecule has 4 saturated carbocycles. The molecule has 8 heteroatoms. The normalized spacial score (nSPS) is 48.5. The predicted octanol–water partition coefficient (Wildman–Crippen LogP) is 4.87. The van der Waals surface area contributed by atoms with Crippen LogP contribution in [0.1, 0.15) is 72.1 Å². The van der Waals surface area contributed by atoms with Crippen molar-refractivity contribution in [2.75, 3.05) is 0 Å². The number of carbonyl (C=O) groups excluding carboxylic acids is 3. The van der Waals surface area contributed by atoms with Gasteiger partial charge in [0.15, 0.2) is 17.1 Å². The molecule has 5 nitrogen and oxygen atoms in total. The first-order valence-corrected chi connectivity index (χ1v) is 13.7. The van der Waals surface area contributed by atoms with Crippen molar-refractivity contribution in [1.82, 2.24) is 0 Å². The van der Waals surface area contributed by atoms with E-state index in [4.69, 9.17) is 4.74 Å². The van der Waals surface area contributed by atoms with E-state index in [0.717, 1.165) is 25.3 Å². The van der Waals surface area contributed by atoms with Crippen LogP contribution in [0.15, 0.2) is 23.8 Å². The second-order valence-corrected chi connectivity index (χ2v) is 12.7. The van der Waals surface area contributed by atoms with E-state index in [-0.39, 0.29) is 24.3 Å². The number of ketones is 1. The van der Waals surface area contributed by atoms with Gasteiger partial charge in [-0.05, 0) is 62.7 Å². The van der Waals surface area contributed by atoms with E-state index >= 15 is 8.78 Å². The summed E-state index contributed by atoms with van der Waals surface area (Å²) in [6.07, 6.45) is 4.97. The summed E-state index contributed by atoms with van der Waals surface area (Å²) in [5.41, 5.74) is -6.45. The predicted molar refractivity (Wildman–Crippen MR) is 133 cm³/mol. The summed E-state index contributed by atoms with van der Waals surface area (Å²) in [4.78, 5) is 38.6. The second kappa shape index (κ2) is 8.48. The highest BCUT2D eigenvalue weighted by Crippen LogP contribution is 2.71. The number of halogens is 2. The van der Waals surface area contributed by atoms with Crippen molar-refractivity contribution in [1.29, 1.82) is 0 Å². The monoisotopic (exact) mass is 522 g/mol. The van der Waals surface area contributed by atoms with Gasteiger partial charge in [-0.15, -0.1) is 12.6 Å². The van der Waals surface area contributed by atoms with Gasteiger partial charge in [0, 0.05) is 22.7 Å². The van der Waals surface area contributed by atoms with E-state index in [0.29, 0.717) is 19.3 Å². The molecule has 5 aliphatic carbocycles. The van der Waals surface area contributed by atoms with Gasteiger partial charge in [-0.3, -0.25) is 14.4 Å². The largest absolute Gasteiger partial charge is 0.449 e. The lowest BCUT2D eigenvalue weighted by Crippen LogP contribution is -2.70. The molecule has 1 N–H and O–H groups in total. The lowest BCUT2D eigenvalue weighted by Gasteiger charge is -2.63. The first-order chi connectivity index (χ1) is 16.8. The Hall–Kier alpha value is -1.54. The number of esters is 1. The number of thiol groups is 1. The van der Waals surface area contributed by atoms with Crippen molar-refractivity contribution in [3.8, 4) is 0 Å². The number of rotatable bonds is 3. The average molecular weight is 523 g/mol. The first-order valence-electron chi connectivity index (χ1n) is 13.3. The molecule has 0 radical (unpaired) electrons. The smallest absolute Gasteiger partial charge is 0.309 e. The van der Waals surface area contributed by atoms with Crippen LogP contribution in [0.3, 0.4) is 0 Å². The molecular formula is C28H36F2O5S. The van der Waals surface area contributed by atoms with E-state index in [1.54, 1.807) is 20.8 Å². The molecule has 198 valence electrons. The molecular weight excluding hydrogens is 486 g/mol. The minimum atomic E-state index is -2.24. The molecule has 5 rings (SSSR count). The van der Waals surface area contributed by atoms with Crippen LogP contribution in [0, 0.1) is 34.5 Å². The number of aliphatic hydroxyl groups is 1. The van der Waals surface area contributed by atoms with Gasteiger partial charge < -0.3 is 9.84 Å². The maximum atomic E-state index is 17.3. The minimum absolute atomic E-state index is 0.0581. The summed E-state index contributed by atoms with van der Waals surface area (Å²) in [5.74, 6) is -3.08. The fourth-order valence-corrected chi connectivity index (χ4v) is 9.34. The maximum Gasteiger partial charge on any atom is 0.309 e. The Balaban J connectivity index is 1.58. The zero-order chi connectivity index (χ0) is 26.3. The third-order valence-electron chi connectivity index (χ3n) is 10.7. The number of aliphatic hydroxyl groups excluding tert-OH is 1. The van der Waals surface area contributed by atoms with Crippen LogP contribution in [0.2, 0.25) is 0 Å². The summed E-state index contributed by atoms with van der Waals surface area (Å²) in [6.45, 7) is 5.12. The Morgan fingerprint density at radius 1 is 1.14 bits per heavy atom. The number of hydrogen-bond acceptors (Lipinski definition) is 5. The Morgan fingerprint density at radius 2 is 1.81 bits per heavy atom. The molecule has 0 aromatic heterocycles. The molecule has 0 spiro atoms. The van der Waals surface area contributed by atoms with Crippen LogP contribution < -0.4 is 0 Å². The third kappa shape index (κ3) is 3.18. The van der Waals surface area contributed by atoms with Gasteiger partial charge in [-0.25, -0.2) is 8.78 Å². The molecule has 0 aromatic carbocycles. The van der Waals surface area contributed by atoms with E-state index in [2.05, 4.69) is 12.6 Å². The molecule has 0 aliphatic heterocycles. The second-order valence-electron chi connectivity index (χ2n) is 12.3. The summed E-state index contributed by atoms with van der Waals surface area (Å²) in [6, 6.07) is 0. The SMILES string of the molecule is C[C@@H]1C[C@H]2[C@@H]3C[C@H](F)C4=CC(=O)C=C[C@]4(C)[C@@]3(F)[C@@H](O)C[C@]2(C)[C@@]1(OC(=O)C1CCCCC1)C(=O)S. The van der Waals surface area contributed by atoms with Crippen LogP contribution in [-0.4, -0.2) is 45.5 Å². The van der Waals surface area contributed by atoms with Crippen molar-refractivity contribution in [3.05, 3.63) is 23.8 Å². The number of ether oxygens (including phenoxy) is 1. The van der Waals surface area contributed by atoms with Gasteiger partial charge in [-0.2, -0.15) is 0 Å². The van der Waals surface area contributed by atoms with Crippen molar-refractivity contribution < 1.29 is 33.0 Å². The quantitative estimate of drug-likeness (QED) is 0.408. The van der Waals surface area contributed by atoms with E-state index in [9.17, 15) is 19.5 Å². The van der Waals surface area contributed by atoms with Gasteiger partial charge in [0.05, 0.1) is 12.0 Å². The molecule has 0 amide bonds. The van der Waals surface area contributed by atoms with E-state index < -0.39 is 69.0 Å². The zero-order valence-electron chi connectivity index (χ0n) is 21.1. The summed E-state index contributed by atoms with van der Waals surface area (Å²) in [7, 11) is 0. The molecule has 0 aromatic rings. The molecule has 0 unspecified atom stereocenters. The number of allylic oxidation sites excluding steroid dienone is 4. The molecule has 0 saturated heterocycles. The summed E-state index contributed by atoms with van der Waals surface area (Å²) in [5, 5.41) is 10.9. The minimum Gasteiger partial charge on any atom is -0.449 e. The van der Waals surface area contributed by atoms with E-state index in [1.165, 1.54) is 12.2 Å². The molecule has 36 heavy (non-hydrogen) atoms. The van der Waals surface area contributed by atoms with E-state index in [1.807, 2.05) is 0 Å². The highest BCUT2D eigenvalue weighted by Gasteiger charge is 2.78. The number of hydrogen-bond donors (Lipinski definition) is 2. The lowest BCUT2D eigenvalue weighted by molar-refractivity contribution is -0.230. The highest BCUT2D eigenvalue weighted by atomic mass is 32.1. The highest BCUT2D eigenvalue weighted by molar-refractivity contribution is 7.96. The van der Waals surface area contributed by atoms with Crippen LogP contribution in [-0.2, 0) is 19.1 Å². The Bertz CT molecular complexity index is 1050. The van der Waals surface area contributed by atoms with Crippen LogP contribution in [0.4, 0.5) is 8.78 Å². The molecule has 9 atom stereocenters.